The molecule has 3 heterocycles. The fourth-order valence-corrected chi connectivity index (χ4v) is 2.64. The van der Waals surface area contributed by atoms with E-state index in [2.05, 4.69) is 10.4 Å². The Hall–Kier alpha value is -1.40. The molecule has 1 atom stereocenters. The molecule has 3 rings (SSSR count). The SMILES string of the molecule is Cn1cc2c(n1)[C@@H](C(=O)N1CCOCC1)CNC2. The summed E-state index contributed by atoms with van der Waals surface area (Å²) in [5.41, 5.74) is 2.07. The zero-order valence-electron chi connectivity index (χ0n) is 10.6. The van der Waals surface area contributed by atoms with E-state index in [0.717, 1.165) is 17.8 Å². The lowest BCUT2D eigenvalue weighted by atomic mass is 9.96. The van der Waals surface area contributed by atoms with Gasteiger partial charge in [0.05, 0.1) is 24.8 Å². The summed E-state index contributed by atoms with van der Waals surface area (Å²) in [6.07, 6.45) is 1.99. The van der Waals surface area contributed by atoms with Crippen LogP contribution in [-0.4, -0.2) is 53.4 Å². The van der Waals surface area contributed by atoms with Crippen LogP contribution in [0.4, 0.5) is 0 Å². The van der Waals surface area contributed by atoms with Gasteiger partial charge >= 0.3 is 0 Å². The molecule has 0 aromatic carbocycles. The predicted octanol–water partition coefficient (Wildman–Crippen LogP) is -0.534. The van der Waals surface area contributed by atoms with Crippen molar-refractivity contribution in [3.8, 4) is 0 Å². The molecule has 1 fully saturated rings. The van der Waals surface area contributed by atoms with Gasteiger partial charge in [0.2, 0.25) is 5.91 Å². The highest BCUT2D eigenvalue weighted by Gasteiger charge is 2.32. The maximum absolute atomic E-state index is 12.5. The van der Waals surface area contributed by atoms with Gasteiger partial charge in [0.25, 0.3) is 0 Å². The van der Waals surface area contributed by atoms with Crippen molar-refractivity contribution in [2.45, 2.75) is 12.5 Å². The van der Waals surface area contributed by atoms with Gasteiger partial charge < -0.3 is 15.0 Å². The van der Waals surface area contributed by atoms with Crippen molar-refractivity contribution in [1.82, 2.24) is 20.0 Å². The summed E-state index contributed by atoms with van der Waals surface area (Å²) in [7, 11) is 1.90. The molecule has 1 aromatic rings. The summed E-state index contributed by atoms with van der Waals surface area (Å²) < 4.78 is 7.07. The molecule has 18 heavy (non-hydrogen) atoms. The average Bonchev–Trinajstić information content (AvgIpc) is 2.79. The van der Waals surface area contributed by atoms with Gasteiger partial charge in [-0.3, -0.25) is 9.48 Å². The number of aryl methyl sites for hydroxylation is 1. The quantitative estimate of drug-likeness (QED) is 0.727. The number of ether oxygens (including phenoxy) is 1. The average molecular weight is 250 g/mol. The van der Waals surface area contributed by atoms with Crippen LogP contribution in [0.3, 0.4) is 0 Å². The van der Waals surface area contributed by atoms with E-state index >= 15 is 0 Å². The number of aromatic nitrogens is 2. The van der Waals surface area contributed by atoms with Crippen LogP contribution in [-0.2, 0) is 23.1 Å². The van der Waals surface area contributed by atoms with Gasteiger partial charge in [0.1, 0.15) is 0 Å². The summed E-state index contributed by atoms with van der Waals surface area (Å²) in [5, 5.41) is 7.74. The van der Waals surface area contributed by atoms with Gasteiger partial charge in [-0.05, 0) is 0 Å². The van der Waals surface area contributed by atoms with Crippen LogP contribution in [0, 0.1) is 0 Å². The van der Waals surface area contributed by atoms with Gasteiger partial charge in [0.15, 0.2) is 0 Å². The van der Waals surface area contributed by atoms with Crippen LogP contribution in [0.1, 0.15) is 17.2 Å². The van der Waals surface area contributed by atoms with Crippen molar-refractivity contribution >= 4 is 5.91 Å². The first kappa shape index (κ1) is 11.7. The molecule has 6 heteroatoms. The summed E-state index contributed by atoms with van der Waals surface area (Å²) in [5.74, 6) is 0.0264. The highest BCUT2D eigenvalue weighted by molar-refractivity contribution is 5.84. The predicted molar refractivity (Wildman–Crippen MR) is 65.1 cm³/mol. The number of amides is 1. The summed E-state index contributed by atoms with van der Waals surface area (Å²) in [4.78, 5) is 14.4. The molecular weight excluding hydrogens is 232 g/mol. The van der Waals surface area contributed by atoms with Crippen LogP contribution in [0.25, 0.3) is 0 Å². The van der Waals surface area contributed by atoms with Crippen LogP contribution in [0.2, 0.25) is 0 Å². The number of hydrogen-bond acceptors (Lipinski definition) is 4. The number of morpholine rings is 1. The maximum atomic E-state index is 12.5. The fourth-order valence-electron chi connectivity index (χ4n) is 2.64. The number of rotatable bonds is 1. The van der Waals surface area contributed by atoms with E-state index in [-0.39, 0.29) is 11.8 Å². The van der Waals surface area contributed by atoms with Crippen LogP contribution in [0.5, 0.6) is 0 Å². The van der Waals surface area contributed by atoms with Crippen LogP contribution >= 0.6 is 0 Å². The highest BCUT2D eigenvalue weighted by Crippen LogP contribution is 2.24. The Kier molecular flexibility index (Phi) is 3.05. The van der Waals surface area contributed by atoms with Gasteiger partial charge in [-0.2, -0.15) is 5.10 Å². The first-order chi connectivity index (χ1) is 8.75. The molecule has 2 aliphatic rings. The zero-order valence-corrected chi connectivity index (χ0v) is 10.6. The van der Waals surface area contributed by atoms with E-state index in [0.29, 0.717) is 32.8 Å². The number of carbonyl (C=O) groups excluding carboxylic acids is 1. The number of carbonyl (C=O) groups is 1. The maximum Gasteiger partial charge on any atom is 0.233 e. The lowest BCUT2D eigenvalue weighted by molar-refractivity contribution is -0.137. The van der Waals surface area contributed by atoms with Crippen LogP contribution < -0.4 is 5.32 Å². The molecule has 6 nitrogen and oxygen atoms in total. The lowest BCUT2D eigenvalue weighted by Gasteiger charge is -2.31. The number of fused-ring (bicyclic) bond motifs is 1. The molecular formula is C12H18N4O2. The highest BCUT2D eigenvalue weighted by atomic mass is 16.5. The van der Waals surface area contributed by atoms with Crippen molar-refractivity contribution < 1.29 is 9.53 Å². The normalized spacial score (nSPS) is 23.8. The number of nitrogens with one attached hydrogen (secondary N) is 1. The second kappa shape index (κ2) is 4.70. The monoisotopic (exact) mass is 250 g/mol. The molecule has 0 unspecified atom stereocenters. The molecule has 0 aliphatic carbocycles. The minimum atomic E-state index is -0.145. The van der Waals surface area contributed by atoms with E-state index < -0.39 is 0 Å². The van der Waals surface area contributed by atoms with E-state index in [1.165, 1.54) is 0 Å². The van der Waals surface area contributed by atoms with E-state index in [9.17, 15) is 4.79 Å². The lowest BCUT2D eigenvalue weighted by Crippen LogP contribution is -2.46. The summed E-state index contributed by atoms with van der Waals surface area (Å²) in [6, 6.07) is 0. The Bertz CT molecular complexity index is 451. The van der Waals surface area contributed by atoms with E-state index in [1.807, 2.05) is 18.1 Å². The second-order valence-corrected chi connectivity index (χ2v) is 4.83. The molecule has 0 bridgehead atoms. The molecule has 98 valence electrons. The van der Waals surface area contributed by atoms with Crippen LogP contribution in [0.15, 0.2) is 6.20 Å². The van der Waals surface area contributed by atoms with Gasteiger partial charge in [0, 0.05) is 45.0 Å². The van der Waals surface area contributed by atoms with Crippen molar-refractivity contribution in [2.75, 3.05) is 32.8 Å². The first-order valence-electron chi connectivity index (χ1n) is 6.35. The minimum Gasteiger partial charge on any atom is -0.378 e. The molecule has 1 amide bonds. The third kappa shape index (κ3) is 2.02. The Balaban J connectivity index is 1.82. The second-order valence-electron chi connectivity index (χ2n) is 4.83. The summed E-state index contributed by atoms with van der Waals surface area (Å²) in [6.45, 7) is 4.15. The molecule has 0 radical (unpaired) electrons. The van der Waals surface area contributed by atoms with Crippen molar-refractivity contribution in [2.24, 2.45) is 7.05 Å². The Morgan fingerprint density at radius 3 is 3.06 bits per heavy atom. The number of hydrogen-bond donors (Lipinski definition) is 1. The zero-order chi connectivity index (χ0) is 12.5. The third-order valence-electron chi connectivity index (χ3n) is 3.55. The molecule has 0 spiro atoms. The smallest absolute Gasteiger partial charge is 0.233 e. The standard InChI is InChI=1S/C12H18N4O2/c1-15-8-9-6-13-7-10(11(9)14-15)12(17)16-2-4-18-5-3-16/h8,10,13H,2-7H2,1H3/t10-/m0/s1. The van der Waals surface area contributed by atoms with Gasteiger partial charge in [-0.25, -0.2) is 0 Å². The minimum absolute atomic E-state index is 0.145. The Morgan fingerprint density at radius 2 is 2.28 bits per heavy atom. The largest absolute Gasteiger partial charge is 0.378 e. The molecule has 2 aliphatic heterocycles. The fraction of sp³-hybridized carbons (Fsp3) is 0.667. The van der Waals surface area contributed by atoms with Crippen molar-refractivity contribution in [1.29, 1.82) is 0 Å². The van der Waals surface area contributed by atoms with Crippen molar-refractivity contribution in [3.63, 3.8) is 0 Å². The topological polar surface area (TPSA) is 59.4 Å². The molecule has 1 saturated heterocycles. The van der Waals surface area contributed by atoms with Crippen molar-refractivity contribution in [3.05, 3.63) is 17.5 Å². The molecule has 0 saturated carbocycles. The summed E-state index contributed by atoms with van der Waals surface area (Å²) >= 11 is 0. The molecule has 1 N–H and O–H groups in total. The van der Waals surface area contributed by atoms with Gasteiger partial charge in [-0.1, -0.05) is 0 Å². The molecule has 1 aromatic heterocycles. The Morgan fingerprint density at radius 1 is 1.50 bits per heavy atom. The van der Waals surface area contributed by atoms with E-state index in [4.69, 9.17) is 4.74 Å². The van der Waals surface area contributed by atoms with Gasteiger partial charge in [-0.15, -0.1) is 0 Å². The third-order valence-corrected chi connectivity index (χ3v) is 3.55. The number of nitrogens with zero attached hydrogens (tertiary/aromatic N) is 3. The van der Waals surface area contributed by atoms with E-state index in [1.54, 1.807) is 4.68 Å². The Labute approximate surface area is 106 Å². The first-order valence-corrected chi connectivity index (χ1v) is 6.35.